The summed E-state index contributed by atoms with van der Waals surface area (Å²) in [7, 11) is 0. The van der Waals surface area contributed by atoms with Crippen molar-refractivity contribution >= 4 is 17.5 Å². The smallest absolute Gasteiger partial charge is 0.251 e. The molecule has 4 aromatic rings. The van der Waals surface area contributed by atoms with Gasteiger partial charge in [0.15, 0.2) is 0 Å². The minimum Gasteiger partial charge on any atom is -0.489 e. The molecule has 0 bridgehead atoms. The Hall–Kier alpha value is -3.60. The van der Waals surface area contributed by atoms with E-state index in [1.807, 2.05) is 48.5 Å². The molecule has 0 heterocycles. The van der Waals surface area contributed by atoms with Crippen LogP contribution in [0.25, 0.3) is 22.3 Å². The Morgan fingerprint density at radius 1 is 0.846 bits per heavy atom. The largest absolute Gasteiger partial charge is 0.489 e. The van der Waals surface area contributed by atoms with Gasteiger partial charge >= 0.3 is 0 Å². The highest BCUT2D eigenvalue weighted by molar-refractivity contribution is 6.30. The lowest BCUT2D eigenvalue weighted by Gasteiger charge is -2.24. The molecule has 1 saturated carbocycles. The highest BCUT2D eigenvalue weighted by atomic mass is 35.5. The average Bonchev–Trinajstić information content (AvgIpc) is 3.00. The average molecular weight is 540 g/mol. The van der Waals surface area contributed by atoms with Crippen molar-refractivity contribution in [1.82, 2.24) is 5.32 Å². The van der Waals surface area contributed by atoms with Gasteiger partial charge in [-0.15, -0.1) is 0 Å². The molecule has 0 saturated heterocycles. The Morgan fingerprint density at radius 3 is 2.28 bits per heavy atom. The van der Waals surface area contributed by atoms with E-state index in [0.29, 0.717) is 23.1 Å². The zero-order valence-corrected chi connectivity index (χ0v) is 22.8. The van der Waals surface area contributed by atoms with Crippen LogP contribution in [0.3, 0.4) is 0 Å². The fraction of sp³-hybridized carbons (Fsp3) is 0.265. The molecule has 1 fully saturated rings. The van der Waals surface area contributed by atoms with Crippen molar-refractivity contribution in [3.63, 3.8) is 0 Å². The Morgan fingerprint density at radius 2 is 1.54 bits per heavy atom. The fourth-order valence-electron chi connectivity index (χ4n) is 5.43. The summed E-state index contributed by atoms with van der Waals surface area (Å²) in [6.45, 7) is 0.461. The first kappa shape index (κ1) is 27.0. The van der Waals surface area contributed by atoms with Crippen LogP contribution in [0, 0.1) is 0 Å². The molecule has 0 unspecified atom stereocenters. The molecule has 1 aliphatic carbocycles. The van der Waals surface area contributed by atoms with E-state index in [9.17, 15) is 4.79 Å². The molecule has 4 aromatic carbocycles. The summed E-state index contributed by atoms with van der Waals surface area (Å²) in [6.07, 6.45) is 6.53. The van der Waals surface area contributed by atoms with Gasteiger partial charge in [-0.3, -0.25) is 4.79 Å². The van der Waals surface area contributed by atoms with E-state index in [-0.39, 0.29) is 19.1 Å². The van der Waals surface area contributed by atoms with E-state index in [1.165, 1.54) is 48.8 Å². The maximum Gasteiger partial charge on any atom is 0.251 e. The normalized spacial score (nSPS) is 13.7. The molecule has 0 aliphatic heterocycles. The van der Waals surface area contributed by atoms with Crippen molar-refractivity contribution in [2.24, 2.45) is 0 Å². The molecule has 0 spiro atoms. The number of carbonyl (C=O) groups excluding carboxylic acids is 1. The number of nitrogens with one attached hydrogen (secondary N) is 1. The van der Waals surface area contributed by atoms with Gasteiger partial charge in [0.2, 0.25) is 0 Å². The van der Waals surface area contributed by atoms with Gasteiger partial charge in [-0.2, -0.15) is 0 Å². The van der Waals surface area contributed by atoms with Gasteiger partial charge < -0.3 is 15.2 Å². The summed E-state index contributed by atoms with van der Waals surface area (Å²) in [4.78, 5) is 12.5. The molecule has 1 aliphatic rings. The number of aliphatic hydroxyl groups excluding tert-OH is 1. The predicted octanol–water partition coefficient (Wildman–Crippen LogP) is 8.02. The van der Waals surface area contributed by atoms with E-state index < -0.39 is 0 Å². The van der Waals surface area contributed by atoms with E-state index in [0.717, 1.165) is 22.4 Å². The molecule has 5 heteroatoms. The SMILES string of the molecule is O=C(NCCO)c1ccc(COc2ccc(-c3ccccc3C3CCCCC3)cc2)c(-c2ccc(Cl)cc2)c1. The number of hydrogen-bond acceptors (Lipinski definition) is 3. The molecule has 4 nitrogen and oxygen atoms in total. The van der Waals surface area contributed by atoms with Crippen LogP contribution in [0.15, 0.2) is 91.0 Å². The zero-order chi connectivity index (χ0) is 27.0. The second kappa shape index (κ2) is 13.0. The fourth-order valence-corrected chi connectivity index (χ4v) is 5.56. The van der Waals surface area contributed by atoms with Crippen LogP contribution in [-0.2, 0) is 6.61 Å². The second-order valence-electron chi connectivity index (χ2n) is 10.1. The third kappa shape index (κ3) is 6.70. The molecular formula is C34H34ClNO3. The lowest BCUT2D eigenvalue weighted by atomic mass is 9.81. The second-order valence-corrected chi connectivity index (χ2v) is 10.5. The van der Waals surface area contributed by atoms with Gasteiger partial charge in [0.05, 0.1) is 6.61 Å². The van der Waals surface area contributed by atoms with Gasteiger partial charge in [-0.25, -0.2) is 0 Å². The number of amides is 1. The summed E-state index contributed by atoms with van der Waals surface area (Å²) in [6, 6.07) is 30.3. The first-order chi connectivity index (χ1) is 19.1. The van der Waals surface area contributed by atoms with Crippen LogP contribution >= 0.6 is 11.6 Å². The van der Waals surface area contributed by atoms with E-state index in [4.69, 9.17) is 21.4 Å². The molecule has 0 radical (unpaired) electrons. The summed E-state index contributed by atoms with van der Waals surface area (Å²) in [5.74, 6) is 1.21. The number of rotatable bonds is 9. The van der Waals surface area contributed by atoms with Crippen LogP contribution in [0.5, 0.6) is 5.75 Å². The number of carbonyl (C=O) groups is 1. The van der Waals surface area contributed by atoms with E-state index in [2.05, 4.69) is 41.7 Å². The Labute approximate surface area is 235 Å². The van der Waals surface area contributed by atoms with Gasteiger partial charge in [0.1, 0.15) is 12.4 Å². The predicted molar refractivity (Wildman–Crippen MR) is 158 cm³/mol. The van der Waals surface area contributed by atoms with Crippen LogP contribution in [0.2, 0.25) is 5.02 Å². The van der Waals surface area contributed by atoms with Crippen LogP contribution < -0.4 is 10.1 Å². The van der Waals surface area contributed by atoms with Gasteiger partial charge in [-0.1, -0.05) is 85.5 Å². The van der Waals surface area contributed by atoms with Gasteiger partial charge in [0.25, 0.3) is 5.91 Å². The Kier molecular flexibility index (Phi) is 8.97. The highest BCUT2D eigenvalue weighted by Crippen LogP contribution is 2.38. The summed E-state index contributed by atoms with van der Waals surface area (Å²) < 4.78 is 6.22. The lowest BCUT2D eigenvalue weighted by molar-refractivity contribution is 0.0944. The zero-order valence-electron chi connectivity index (χ0n) is 22.0. The van der Waals surface area contributed by atoms with Crippen LogP contribution in [0.4, 0.5) is 0 Å². The van der Waals surface area contributed by atoms with Gasteiger partial charge in [0, 0.05) is 17.1 Å². The summed E-state index contributed by atoms with van der Waals surface area (Å²) in [5, 5.41) is 12.4. The first-order valence-electron chi connectivity index (χ1n) is 13.7. The first-order valence-corrected chi connectivity index (χ1v) is 14.1. The maximum atomic E-state index is 12.5. The molecule has 2 N–H and O–H groups in total. The quantitative estimate of drug-likeness (QED) is 0.226. The maximum absolute atomic E-state index is 12.5. The van der Waals surface area contributed by atoms with Crippen LogP contribution in [-0.4, -0.2) is 24.2 Å². The number of benzene rings is 4. The number of hydrogen-bond donors (Lipinski definition) is 2. The van der Waals surface area contributed by atoms with Gasteiger partial charge in [-0.05, 0) is 88.5 Å². The monoisotopic (exact) mass is 539 g/mol. The molecule has 0 aromatic heterocycles. The number of aliphatic hydroxyl groups is 1. The van der Waals surface area contributed by atoms with E-state index >= 15 is 0 Å². The minimum absolute atomic E-state index is 0.105. The van der Waals surface area contributed by atoms with Crippen molar-refractivity contribution in [1.29, 1.82) is 0 Å². The van der Waals surface area contributed by atoms with Crippen molar-refractivity contribution in [3.8, 4) is 28.0 Å². The summed E-state index contributed by atoms with van der Waals surface area (Å²) in [5.41, 5.74) is 7.33. The Bertz CT molecular complexity index is 1390. The topological polar surface area (TPSA) is 58.6 Å². The summed E-state index contributed by atoms with van der Waals surface area (Å²) >= 11 is 6.12. The van der Waals surface area contributed by atoms with Crippen molar-refractivity contribution in [2.75, 3.05) is 13.2 Å². The minimum atomic E-state index is -0.226. The number of halogens is 1. The molecular weight excluding hydrogens is 506 g/mol. The molecule has 200 valence electrons. The third-order valence-electron chi connectivity index (χ3n) is 7.49. The standard InChI is InChI=1S/C34H34ClNO3/c35-29-16-12-26(13-17-29)33-22-27(34(38)36-20-21-37)10-11-28(33)23-39-30-18-14-25(15-19-30)32-9-5-4-8-31(32)24-6-2-1-3-7-24/h4-5,8-19,22,24,37H,1-3,6-7,20-21,23H2,(H,36,38). The molecule has 0 atom stereocenters. The highest BCUT2D eigenvalue weighted by Gasteiger charge is 2.19. The van der Waals surface area contributed by atoms with Crippen molar-refractivity contribution in [3.05, 3.63) is 113 Å². The van der Waals surface area contributed by atoms with Crippen molar-refractivity contribution < 1.29 is 14.6 Å². The van der Waals surface area contributed by atoms with E-state index in [1.54, 1.807) is 6.07 Å². The van der Waals surface area contributed by atoms with Crippen LogP contribution in [0.1, 0.15) is 59.5 Å². The van der Waals surface area contributed by atoms with Crippen molar-refractivity contribution in [2.45, 2.75) is 44.6 Å². The molecule has 1 amide bonds. The third-order valence-corrected chi connectivity index (χ3v) is 7.74. The molecule has 5 rings (SSSR count). The number of ether oxygens (including phenoxy) is 1. The molecule has 39 heavy (non-hydrogen) atoms. The Balaban J connectivity index is 1.35. The lowest BCUT2D eigenvalue weighted by Crippen LogP contribution is -2.26.